The van der Waals surface area contributed by atoms with Crippen LogP contribution in [0.4, 0.5) is 5.69 Å². The van der Waals surface area contributed by atoms with Gasteiger partial charge in [0.1, 0.15) is 0 Å². The lowest BCUT2D eigenvalue weighted by molar-refractivity contribution is -0.384. The number of guanidine groups is 1. The van der Waals surface area contributed by atoms with Gasteiger partial charge in [-0.25, -0.2) is 4.99 Å². The summed E-state index contributed by atoms with van der Waals surface area (Å²) in [7, 11) is 0. The first-order valence-electron chi connectivity index (χ1n) is 8.55. The van der Waals surface area contributed by atoms with Gasteiger partial charge >= 0.3 is 0 Å². The lowest BCUT2D eigenvalue weighted by Gasteiger charge is -2.21. The van der Waals surface area contributed by atoms with E-state index in [4.69, 9.17) is 4.74 Å². The maximum Gasteiger partial charge on any atom is 0.269 e. The highest BCUT2D eigenvalue weighted by Crippen LogP contribution is 2.13. The van der Waals surface area contributed by atoms with Crippen molar-refractivity contribution >= 4 is 11.6 Å². The van der Waals surface area contributed by atoms with Gasteiger partial charge in [-0.05, 0) is 31.7 Å². The van der Waals surface area contributed by atoms with Gasteiger partial charge in [-0.3, -0.25) is 10.1 Å². The Balaban J connectivity index is 1.92. The molecular formula is C17H26N4O3. The smallest absolute Gasteiger partial charge is 0.269 e. The largest absolute Gasteiger partial charge is 0.382 e. The SMILES string of the molecule is CCOCCCNC(=NCc1ccc([N+](=O)[O-])cc1)N1CCCC1. The third-order valence-corrected chi connectivity index (χ3v) is 3.92. The van der Waals surface area contributed by atoms with Gasteiger partial charge in [0.2, 0.25) is 0 Å². The van der Waals surface area contributed by atoms with Crippen molar-refractivity contribution in [2.24, 2.45) is 4.99 Å². The highest BCUT2D eigenvalue weighted by atomic mass is 16.6. The molecule has 1 aromatic rings. The average Bonchev–Trinajstić information content (AvgIpc) is 3.12. The molecule has 1 fully saturated rings. The van der Waals surface area contributed by atoms with E-state index in [-0.39, 0.29) is 10.6 Å². The Hall–Kier alpha value is -2.15. The number of likely N-dealkylation sites (tertiary alicyclic amines) is 1. The summed E-state index contributed by atoms with van der Waals surface area (Å²) in [6, 6.07) is 6.57. The summed E-state index contributed by atoms with van der Waals surface area (Å²) in [5.41, 5.74) is 1.07. The minimum absolute atomic E-state index is 0.108. The molecule has 1 heterocycles. The first kappa shape index (κ1) is 18.2. The first-order chi connectivity index (χ1) is 11.7. The quantitative estimate of drug-likeness (QED) is 0.260. The van der Waals surface area contributed by atoms with Gasteiger partial charge in [0.05, 0.1) is 11.5 Å². The van der Waals surface area contributed by atoms with Crippen LogP contribution in [0.25, 0.3) is 0 Å². The van der Waals surface area contributed by atoms with Gasteiger partial charge in [-0.1, -0.05) is 12.1 Å². The zero-order valence-corrected chi connectivity index (χ0v) is 14.2. The van der Waals surface area contributed by atoms with Crippen molar-refractivity contribution in [1.29, 1.82) is 0 Å². The van der Waals surface area contributed by atoms with Crippen LogP contribution >= 0.6 is 0 Å². The summed E-state index contributed by atoms with van der Waals surface area (Å²) in [4.78, 5) is 17.3. The van der Waals surface area contributed by atoms with Crippen LogP contribution in [0.3, 0.4) is 0 Å². The van der Waals surface area contributed by atoms with Crippen LogP contribution in [0.1, 0.15) is 31.7 Å². The molecule has 1 aromatic carbocycles. The van der Waals surface area contributed by atoms with Gasteiger partial charge in [-0.15, -0.1) is 0 Å². The van der Waals surface area contributed by atoms with Crippen molar-refractivity contribution in [3.63, 3.8) is 0 Å². The van der Waals surface area contributed by atoms with E-state index >= 15 is 0 Å². The normalized spacial score (nSPS) is 14.9. The van der Waals surface area contributed by atoms with Gasteiger partial charge in [0.15, 0.2) is 5.96 Å². The highest BCUT2D eigenvalue weighted by molar-refractivity contribution is 5.80. The van der Waals surface area contributed by atoms with Crippen LogP contribution in [0.15, 0.2) is 29.3 Å². The van der Waals surface area contributed by atoms with E-state index < -0.39 is 0 Å². The summed E-state index contributed by atoms with van der Waals surface area (Å²) in [5, 5.41) is 14.1. The topological polar surface area (TPSA) is 80.0 Å². The van der Waals surface area contributed by atoms with Crippen molar-refractivity contribution in [2.45, 2.75) is 32.7 Å². The van der Waals surface area contributed by atoms with Crippen molar-refractivity contribution in [3.8, 4) is 0 Å². The molecule has 0 spiro atoms. The Morgan fingerprint density at radius 2 is 2.04 bits per heavy atom. The minimum Gasteiger partial charge on any atom is -0.382 e. The van der Waals surface area contributed by atoms with E-state index in [2.05, 4.69) is 15.2 Å². The lowest BCUT2D eigenvalue weighted by atomic mass is 10.2. The number of nitrogens with zero attached hydrogens (tertiary/aromatic N) is 3. The van der Waals surface area contributed by atoms with Crippen LogP contribution in [0.2, 0.25) is 0 Å². The standard InChI is InChI=1S/C17H26N4O3/c1-2-24-13-5-10-18-17(20-11-3-4-12-20)19-14-15-6-8-16(9-7-15)21(22)23/h6-9H,2-5,10-14H2,1H3,(H,18,19). The van der Waals surface area contributed by atoms with Crippen LogP contribution in [0.5, 0.6) is 0 Å². The van der Waals surface area contributed by atoms with Crippen molar-refractivity contribution in [1.82, 2.24) is 10.2 Å². The van der Waals surface area contributed by atoms with Crippen molar-refractivity contribution < 1.29 is 9.66 Å². The van der Waals surface area contributed by atoms with E-state index in [0.29, 0.717) is 6.54 Å². The number of non-ortho nitro benzene ring substituents is 1. The molecule has 0 aliphatic carbocycles. The number of hydrogen-bond acceptors (Lipinski definition) is 4. The molecule has 1 N–H and O–H groups in total. The molecule has 0 radical (unpaired) electrons. The fourth-order valence-electron chi connectivity index (χ4n) is 2.60. The second-order valence-corrected chi connectivity index (χ2v) is 5.73. The van der Waals surface area contributed by atoms with E-state index in [0.717, 1.165) is 50.8 Å². The van der Waals surface area contributed by atoms with Crippen molar-refractivity contribution in [3.05, 3.63) is 39.9 Å². The monoisotopic (exact) mass is 334 g/mol. The second-order valence-electron chi connectivity index (χ2n) is 5.73. The molecule has 132 valence electrons. The summed E-state index contributed by atoms with van der Waals surface area (Å²) in [6.07, 6.45) is 3.33. The van der Waals surface area contributed by atoms with Crippen LogP contribution in [-0.4, -0.2) is 48.6 Å². The molecule has 0 unspecified atom stereocenters. The Bertz CT molecular complexity index is 539. The summed E-state index contributed by atoms with van der Waals surface area (Å²) >= 11 is 0. The number of benzene rings is 1. The third kappa shape index (κ3) is 5.81. The average molecular weight is 334 g/mol. The van der Waals surface area contributed by atoms with E-state index in [1.165, 1.54) is 25.0 Å². The molecular weight excluding hydrogens is 308 g/mol. The molecule has 0 aromatic heterocycles. The van der Waals surface area contributed by atoms with Gasteiger partial charge in [-0.2, -0.15) is 0 Å². The molecule has 2 rings (SSSR count). The number of nitro groups is 1. The number of rotatable bonds is 8. The van der Waals surface area contributed by atoms with Gasteiger partial charge in [0.25, 0.3) is 5.69 Å². The molecule has 0 bridgehead atoms. The van der Waals surface area contributed by atoms with E-state index in [1.807, 2.05) is 6.92 Å². The molecule has 1 saturated heterocycles. The molecule has 7 heteroatoms. The predicted molar refractivity (Wildman–Crippen MR) is 94.2 cm³/mol. The molecule has 24 heavy (non-hydrogen) atoms. The molecule has 7 nitrogen and oxygen atoms in total. The fourth-order valence-corrected chi connectivity index (χ4v) is 2.60. The number of nitrogens with one attached hydrogen (secondary N) is 1. The first-order valence-corrected chi connectivity index (χ1v) is 8.55. The number of aliphatic imine (C=N–C) groups is 1. The molecule has 0 amide bonds. The maximum atomic E-state index is 10.7. The van der Waals surface area contributed by atoms with Crippen LogP contribution < -0.4 is 5.32 Å². The maximum absolute atomic E-state index is 10.7. The number of nitro benzene ring substituents is 1. The van der Waals surface area contributed by atoms with Crippen LogP contribution in [0, 0.1) is 10.1 Å². The van der Waals surface area contributed by atoms with Gasteiger partial charge < -0.3 is 15.0 Å². The summed E-state index contributed by atoms with van der Waals surface area (Å²) < 4.78 is 5.35. The number of ether oxygens (including phenoxy) is 1. The molecule has 1 aliphatic rings. The number of hydrogen-bond donors (Lipinski definition) is 1. The highest BCUT2D eigenvalue weighted by Gasteiger charge is 2.15. The fraction of sp³-hybridized carbons (Fsp3) is 0.588. The Labute approximate surface area is 142 Å². The van der Waals surface area contributed by atoms with E-state index in [9.17, 15) is 10.1 Å². The Morgan fingerprint density at radius 3 is 2.67 bits per heavy atom. The predicted octanol–water partition coefficient (Wildman–Crippen LogP) is 2.56. The molecule has 0 atom stereocenters. The van der Waals surface area contributed by atoms with Gasteiger partial charge in [0, 0.05) is 45.0 Å². The Kier molecular flexibility index (Phi) is 7.48. The van der Waals surface area contributed by atoms with E-state index in [1.54, 1.807) is 12.1 Å². The Morgan fingerprint density at radius 1 is 1.33 bits per heavy atom. The van der Waals surface area contributed by atoms with Crippen LogP contribution in [-0.2, 0) is 11.3 Å². The third-order valence-electron chi connectivity index (χ3n) is 3.92. The molecule has 0 saturated carbocycles. The summed E-state index contributed by atoms with van der Waals surface area (Å²) in [5.74, 6) is 0.919. The molecule has 1 aliphatic heterocycles. The zero-order valence-electron chi connectivity index (χ0n) is 14.2. The zero-order chi connectivity index (χ0) is 17.2. The van der Waals surface area contributed by atoms with Crippen molar-refractivity contribution in [2.75, 3.05) is 32.8 Å². The minimum atomic E-state index is -0.386. The second kappa shape index (κ2) is 9.87. The lowest BCUT2D eigenvalue weighted by Crippen LogP contribution is -2.40. The summed E-state index contributed by atoms with van der Waals surface area (Å²) in [6.45, 7) is 6.88.